The van der Waals surface area contributed by atoms with Crippen LogP contribution in [-0.4, -0.2) is 20.6 Å². The summed E-state index contributed by atoms with van der Waals surface area (Å²) in [5, 5.41) is 9.06. The lowest BCUT2D eigenvalue weighted by atomic mass is 10.0. The summed E-state index contributed by atoms with van der Waals surface area (Å²) in [6.07, 6.45) is 5.07. The van der Waals surface area contributed by atoms with Gasteiger partial charge in [-0.05, 0) is 18.1 Å². The molecule has 0 spiro atoms. The van der Waals surface area contributed by atoms with Crippen LogP contribution in [0.1, 0.15) is 21.7 Å². The highest BCUT2D eigenvalue weighted by molar-refractivity contribution is 5.89. The van der Waals surface area contributed by atoms with E-state index in [1.54, 1.807) is 18.3 Å². The summed E-state index contributed by atoms with van der Waals surface area (Å²) in [7, 11) is 1.94. The number of aryl methyl sites for hydroxylation is 3. The van der Waals surface area contributed by atoms with Crippen molar-refractivity contribution in [3.05, 3.63) is 53.6 Å². The van der Waals surface area contributed by atoms with Gasteiger partial charge in [0.1, 0.15) is 5.82 Å². The molecule has 0 aliphatic rings. The fourth-order valence-corrected chi connectivity index (χ4v) is 1.83. The first-order valence-electron chi connectivity index (χ1n) is 5.46. The number of imidazole rings is 1. The largest absolute Gasteiger partial charge is 0.478 e. The SMILES string of the molecule is Cl.Cn1ccnc1CCc1ccccc1C(=O)O. The summed E-state index contributed by atoms with van der Waals surface area (Å²) in [5.74, 6) is 0.0885. The fraction of sp³-hybridized carbons (Fsp3) is 0.231. The summed E-state index contributed by atoms with van der Waals surface area (Å²) in [5.41, 5.74) is 1.23. The average Bonchev–Trinajstić information content (AvgIpc) is 2.72. The number of rotatable bonds is 4. The van der Waals surface area contributed by atoms with Crippen LogP contribution in [0.3, 0.4) is 0 Å². The lowest BCUT2D eigenvalue weighted by molar-refractivity contribution is 0.0695. The Morgan fingerprint density at radius 3 is 2.67 bits per heavy atom. The molecule has 18 heavy (non-hydrogen) atoms. The van der Waals surface area contributed by atoms with Crippen molar-refractivity contribution in [3.8, 4) is 0 Å². The van der Waals surface area contributed by atoms with E-state index in [1.165, 1.54) is 0 Å². The average molecular weight is 267 g/mol. The highest BCUT2D eigenvalue weighted by Crippen LogP contribution is 2.11. The molecule has 0 amide bonds. The van der Waals surface area contributed by atoms with Gasteiger partial charge < -0.3 is 9.67 Å². The number of hydrogen-bond donors (Lipinski definition) is 1. The molecular weight excluding hydrogens is 252 g/mol. The molecule has 2 rings (SSSR count). The normalized spacial score (nSPS) is 9.83. The van der Waals surface area contributed by atoms with E-state index in [1.807, 2.05) is 29.9 Å². The minimum Gasteiger partial charge on any atom is -0.478 e. The summed E-state index contributed by atoms with van der Waals surface area (Å²) >= 11 is 0. The van der Waals surface area contributed by atoms with E-state index in [9.17, 15) is 4.79 Å². The first kappa shape index (κ1) is 14.3. The second kappa shape index (κ2) is 6.21. The molecule has 0 aliphatic heterocycles. The van der Waals surface area contributed by atoms with Gasteiger partial charge in [0.2, 0.25) is 0 Å². The van der Waals surface area contributed by atoms with Gasteiger partial charge in [-0.1, -0.05) is 18.2 Å². The van der Waals surface area contributed by atoms with Crippen LogP contribution < -0.4 is 0 Å². The van der Waals surface area contributed by atoms with Crippen LogP contribution in [0, 0.1) is 0 Å². The number of aromatic nitrogens is 2. The predicted octanol–water partition coefficient (Wildman–Crippen LogP) is 2.33. The van der Waals surface area contributed by atoms with Crippen molar-refractivity contribution in [2.24, 2.45) is 7.05 Å². The van der Waals surface area contributed by atoms with Crippen molar-refractivity contribution < 1.29 is 9.90 Å². The zero-order valence-electron chi connectivity index (χ0n) is 10.0. The zero-order valence-corrected chi connectivity index (χ0v) is 10.9. The summed E-state index contributed by atoms with van der Waals surface area (Å²) in [4.78, 5) is 15.3. The number of carboxylic acids is 1. The third-order valence-corrected chi connectivity index (χ3v) is 2.79. The van der Waals surface area contributed by atoms with E-state index in [2.05, 4.69) is 4.98 Å². The van der Waals surface area contributed by atoms with Crippen LogP contribution in [0.2, 0.25) is 0 Å². The molecule has 0 radical (unpaired) electrons. The maximum absolute atomic E-state index is 11.0. The summed E-state index contributed by atoms with van der Waals surface area (Å²) < 4.78 is 1.95. The molecular formula is C13H15ClN2O2. The van der Waals surface area contributed by atoms with Crippen LogP contribution in [-0.2, 0) is 19.9 Å². The maximum atomic E-state index is 11.0. The second-order valence-corrected chi connectivity index (χ2v) is 3.92. The summed E-state index contributed by atoms with van der Waals surface area (Å²) in [6.45, 7) is 0. The van der Waals surface area contributed by atoms with Gasteiger partial charge in [0.05, 0.1) is 5.56 Å². The molecule has 0 saturated carbocycles. The Morgan fingerprint density at radius 2 is 2.06 bits per heavy atom. The van der Waals surface area contributed by atoms with E-state index in [-0.39, 0.29) is 12.4 Å². The molecule has 1 aromatic carbocycles. The molecule has 0 fully saturated rings. The van der Waals surface area contributed by atoms with Gasteiger partial charge >= 0.3 is 5.97 Å². The number of hydrogen-bond acceptors (Lipinski definition) is 2. The summed E-state index contributed by atoms with van der Waals surface area (Å²) in [6, 6.07) is 7.09. The molecule has 1 aromatic heterocycles. The van der Waals surface area contributed by atoms with Crippen molar-refractivity contribution >= 4 is 18.4 Å². The van der Waals surface area contributed by atoms with Gasteiger partial charge in [-0.2, -0.15) is 0 Å². The van der Waals surface area contributed by atoms with E-state index < -0.39 is 5.97 Å². The minimum absolute atomic E-state index is 0. The van der Waals surface area contributed by atoms with Gasteiger partial charge in [0.15, 0.2) is 0 Å². The molecule has 0 bridgehead atoms. The molecule has 2 aromatic rings. The quantitative estimate of drug-likeness (QED) is 0.924. The number of halogens is 1. The first-order chi connectivity index (χ1) is 8.18. The van der Waals surface area contributed by atoms with Crippen LogP contribution in [0.25, 0.3) is 0 Å². The highest BCUT2D eigenvalue weighted by Gasteiger charge is 2.09. The third-order valence-electron chi connectivity index (χ3n) is 2.79. The van der Waals surface area contributed by atoms with Crippen LogP contribution in [0.4, 0.5) is 0 Å². The molecule has 0 unspecified atom stereocenters. The van der Waals surface area contributed by atoms with Gasteiger partial charge in [-0.15, -0.1) is 12.4 Å². The molecule has 1 N–H and O–H groups in total. The monoisotopic (exact) mass is 266 g/mol. The molecule has 96 valence electrons. The Balaban J connectivity index is 0.00000162. The second-order valence-electron chi connectivity index (χ2n) is 3.92. The van der Waals surface area contributed by atoms with Gasteiger partial charge in [-0.3, -0.25) is 0 Å². The zero-order chi connectivity index (χ0) is 12.3. The highest BCUT2D eigenvalue weighted by atomic mass is 35.5. The van der Waals surface area contributed by atoms with Crippen LogP contribution in [0.15, 0.2) is 36.7 Å². The Kier molecular flexibility index (Phi) is 4.92. The Labute approximate surface area is 112 Å². The van der Waals surface area contributed by atoms with Crippen molar-refractivity contribution in [2.75, 3.05) is 0 Å². The topological polar surface area (TPSA) is 55.1 Å². The van der Waals surface area contributed by atoms with E-state index in [0.717, 1.165) is 17.8 Å². The number of nitrogens with zero attached hydrogens (tertiary/aromatic N) is 2. The van der Waals surface area contributed by atoms with Crippen molar-refractivity contribution in [2.45, 2.75) is 12.8 Å². The van der Waals surface area contributed by atoms with E-state index in [4.69, 9.17) is 5.11 Å². The van der Waals surface area contributed by atoms with Crippen LogP contribution >= 0.6 is 12.4 Å². The van der Waals surface area contributed by atoms with Gasteiger partial charge in [0.25, 0.3) is 0 Å². The smallest absolute Gasteiger partial charge is 0.335 e. The standard InChI is InChI=1S/C13H14N2O2.ClH/c1-15-9-8-14-12(15)7-6-10-4-2-3-5-11(10)13(16)17;/h2-5,8-9H,6-7H2,1H3,(H,16,17);1H. The lowest BCUT2D eigenvalue weighted by Gasteiger charge is -2.05. The van der Waals surface area contributed by atoms with Gasteiger partial charge in [-0.25, -0.2) is 9.78 Å². The van der Waals surface area contributed by atoms with Crippen molar-refractivity contribution in [1.29, 1.82) is 0 Å². The Hall–Kier alpha value is -1.81. The number of benzene rings is 1. The van der Waals surface area contributed by atoms with E-state index in [0.29, 0.717) is 12.0 Å². The molecule has 1 heterocycles. The maximum Gasteiger partial charge on any atom is 0.335 e. The molecule has 0 aliphatic carbocycles. The Bertz CT molecular complexity index is 537. The predicted molar refractivity (Wildman–Crippen MR) is 71.3 cm³/mol. The molecule has 0 saturated heterocycles. The molecule has 4 nitrogen and oxygen atoms in total. The van der Waals surface area contributed by atoms with Crippen molar-refractivity contribution in [3.63, 3.8) is 0 Å². The first-order valence-corrected chi connectivity index (χ1v) is 5.46. The number of aromatic carboxylic acids is 1. The number of carboxylic acid groups (broad SMARTS) is 1. The Morgan fingerprint density at radius 1 is 1.33 bits per heavy atom. The van der Waals surface area contributed by atoms with E-state index >= 15 is 0 Å². The minimum atomic E-state index is -0.875. The fourth-order valence-electron chi connectivity index (χ4n) is 1.83. The lowest BCUT2D eigenvalue weighted by Crippen LogP contribution is -2.05. The molecule has 0 atom stereocenters. The van der Waals surface area contributed by atoms with Crippen molar-refractivity contribution in [1.82, 2.24) is 9.55 Å². The van der Waals surface area contributed by atoms with Crippen LogP contribution in [0.5, 0.6) is 0 Å². The third kappa shape index (κ3) is 3.11. The number of carbonyl (C=O) groups is 1. The van der Waals surface area contributed by atoms with Gasteiger partial charge in [0, 0.05) is 25.9 Å². The molecule has 5 heteroatoms.